The van der Waals surface area contributed by atoms with Gasteiger partial charge in [0.05, 0.1) is 17.0 Å². The molecule has 0 atom stereocenters. The van der Waals surface area contributed by atoms with Crippen molar-refractivity contribution in [3.8, 4) is 10.8 Å². The maximum Gasteiger partial charge on any atom is 0.236 e. The number of carbonyl (C=O) groups excluding carboxylic acids is 1. The van der Waals surface area contributed by atoms with E-state index in [1.54, 1.807) is 23.5 Å². The number of aryl methyl sites for hydroxylation is 2. The zero-order valence-electron chi connectivity index (χ0n) is 12.7. The van der Waals surface area contributed by atoms with Gasteiger partial charge in [0.1, 0.15) is 5.76 Å². The Morgan fingerprint density at radius 1 is 1.35 bits per heavy atom. The van der Waals surface area contributed by atoms with Gasteiger partial charge in [0.2, 0.25) is 11.8 Å². The van der Waals surface area contributed by atoms with Crippen molar-refractivity contribution in [2.75, 3.05) is 5.32 Å². The van der Waals surface area contributed by atoms with Crippen molar-refractivity contribution in [3.05, 3.63) is 57.8 Å². The van der Waals surface area contributed by atoms with E-state index in [2.05, 4.69) is 10.3 Å². The van der Waals surface area contributed by atoms with Crippen molar-refractivity contribution in [2.45, 2.75) is 20.3 Å². The van der Waals surface area contributed by atoms with Gasteiger partial charge < -0.3 is 9.73 Å². The largest absolute Gasteiger partial charge is 0.440 e. The van der Waals surface area contributed by atoms with Crippen LogP contribution in [0.25, 0.3) is 10.8 Å². The summed E-state index contributed by atoms with van der Waals surface area (Å²) >= 11 is 7.52. The van der Waals surface area contributed by atoms with Crippen molar-refractivity contribution < 1.29 is 9.21 Å². The molecule has 23 heavy (non-hydrogen) atoms. The molecule has 2 aromatic heterocycles. The number of carbonyl (C=O) groups is 1. The van der Waals surface area contributed by atoms with Crippen LogP contribution in [0, 0.1) is 13.8 Å². The van der Waals surface area contributed by atoms with Crippen LogP contribution >= 0.6 is 22.9 Å². The fraction of sp³-hybridized carbons (Fsp3) is 0.176. The molecule has 0 spiro atoms. The lowest BCUT2D eigenvalue weighted by Gasteiger charge is -2.08. The van der Waals surface area contributed by atoms with Crippen molar-refractivity contribution in [1.82, 2.24) is 4.98 Å². The van der Waals surface area contributed by atoms with Gasteiger partial charge in [0.25, 0.3) is 0 Å². The number of aromatic nitrogens is 1. The number of nitrogens with one attached hydrogen (secondary N) is 1. The molecule has 1 amide bonds. The van der Waals surface area contributed by atoms with E-state index in [-0.39, 0.29) is 12.3 Å². The molecule has 1 N–H and O–H groups in total. The Labute approximate surface area is 143 Å². The maximum atomic E-state index is 12.3. The summed E-state index contributed by atoms with van der Waals surface area (Å²) in [5.41, 5.74) is 2.31. The van der Waals surface area contributed by atoms with Gasteiger partial charge in [-0.25, -0.2) is 4.98 Å². The molecule has 3 aromatic rings. The molecule has 0 saturated carbocycles. The van der Waals surface area contributed by atoms with Crippen LogP contribution in [0.5, 0.6) is 0 Å². The predicted octanol–water partition coefficient (Wildman–Crippen LogP) is 4.85. The number of benzene rings is 1. The van der Waals surface area contributed by atoms with Crippen molar-refractivity contribution in [2.24, 2.45) is 0 Å². The summed E-state index contributed by atoms with van der Waals surface area (Å²) in [6, 6.07) is 9.28. The fourth-order valence-electron chi connectivity index (χ4n) is 2.17. The molecule has 0 aliphatic carbocycles. The molecule has 2 heterocycles. The number of anilines is 1. The molecular weight excluding hydrogens is 332 g/mol. The molecule has 3 rings (SSSR count). The van der Waals surface area contributed by atoms with Gasteiger partial charge in [-0.15, -0.1) is 11.3 Å². The van der Waals surface area contributed by atoms with Crippen LogP contribution in [0.15, 0.2) is 40.1 Å². The highest BCUT2D eigenvalue weighted by atomic mass is 35.5. The lowest BCUT2D eigenvalue weighted by Crippen LogP contribution is -2.15. The molecule has 0 fully saturated rings. The monoisotopic (exact) mass is 346 g/mol. The highest BCUT2D eigenvalue weighted by Gasteiger charge is 2.15. The van der Waals surface area contributed by atoms with E-state index < -0.39 is 0 Å². The molecule has 0 unspecified atom stereocenters. The molecule has 0 bridgehead atoms. The summed E-state index contributed by atoms with van der Waals surface area (Å²) in [6.45, 7) is 3.74. The third-order valence-corrected chi connectivity index (χ3v) is 4.52. The predicted molar refractivity (Wildman–Crippen MR) is 93.1 cm³/mol. The highest BCUT2D eigenvalue weighted by Crippen LogP contribution is 2.26. The second kappa shape index (κ2) is 6.56. The standard InChI is InChI=1S/C17H15ClN2O2S/c1-10-5-6-12(18)8-13(10)19-16(21)9-14-11(2)22-17(20-14)15-4-3-7-23-15/h3-8H,9H2,1-2H3,(H,19,21). The maximum absolute atomic E-state index is 12.3. The number of oxazole rings is 1. The topological polar surface area (TPSA) is 55.1 Å². The number of hydrogen-bond acceptors (Lipinski definition) is 4. The summed E-state index contributed by atoms with van der Waals surface area (Å²) in [4.78, 5) is 17.6. The number of rotatable bonds is 4. The quantitative estimate of drug-likeness (QED) is 0.734. The number of nitrogens with zero attached hydrogens (tertiary/aromatic N) is 1. The Bertz CT molecular complexity index is 840. The first-order valence-corrected chi connectivity index (χ1v) is 8.35. The SMILES string of the molecule is Cc1ccc(Cl)cc1NC(=O)Cc1nc(-c2cccs2)oc1C. The summed E-state index contributed by atoms with van der Waals surface area (Å²) in [7, 11) is 0. The minimum Gasteiger partial charge on any atom is -0.440 e. The Hall–Kier alpha value is -2.11. The van der Waals surface area contributed by atoms with E-state index in [9.17, 15) is 4.79 Å². The summed E-state index contributed by atoms with van der Waals surface area (Å²) < 4.78 is 5.65. The number of amides is 1. The highest BCUT2D eigenvalue weighted by molar-refractivity contribution is 7.13. The van der Waals surface area contributed by atoms with E-state index in [0.717, 1.165) is 10.4 Å². The molecule has 0 radical (unpaired) electrons. The Morgan fingerprint density at radius 2 is 2.17 bits per heavy atom. The second-order valence-electron chi connectivity index (χ2n) is 5.18. The van der Waals surface area contributed by atoms with Crippen LogP contribution in [0.4, 0.5) is 5.69 Å². The van der Waals surface area contributed by atoms with Crippen LogP contribution in [0.3, 0.4) is 0 Å². The number of halogens is 1. The fourth-order valence-corrected chi connectivity index (χ4v) is 2.99. The average Bonchev–Trinajstić information content (AvgIpc) is 3.13. The second-order valence-corrected chi connectivity index (χ2v) is 6.57. The van der Waals surface area contributed by atoms with Crippen LogP contribution in [0.1, 0.15) is 17.0 Å². The van der Waals surface area contributed by atoms with Crippen molar-refractivity contribution in [3.63, 3.8) is 0 Å². The zero-order chi connectivity index (χ0) is 16.4. The normalized spacial score (nSPS) is 10.7. The van der Waals surface area contributed by atoms with Gasteiger partial charge in [-0.1, -0.05) is 23.7 Å². The first-order valence-electron chi connectivity index (χ1n) is 7.09. The molecule has 118 valence electrons. The first kappa shape index (κ1) is 15.8. The average molecular weight is 347 g/mol. The van der Waals surface area contributed by atoms with Crippen LogP contribution < -0.4 is 5.32 Å². The van der Waals surface area contributed by atoms with Crippen LogP contribution in [-0.2, 0) is 11.2 Å². The smallest absolute Gasteiger partial charge is 0.236 e. The molecule has 0 aliphatic heterocycles. The molecule has 4 nitrogen and oxygen atoms in total. The van der Waals surface area contributed by atoms with E-state index in [1.807, 2.05) is 37.4 Å². The first-order chi connectivity index (χ1) is 11.0. The molecule has 0 aliphatic rings. The lowest BCUT2D eigenvalue weighted by atomic mass is 10.2. The van der Waals surface area contributed by atoms with Crippen LogP contribution in [0.2, 0.25) is 5.02 Å². The third-order valence-electron chi connectivity index (χ3n) is 3.43. The van der Waals surface area contributed by atoms with E-state index in [0.29, 0.717) is 28.1 Å². The van der Waals surface area contributed by atoms with Crippen molar-refractivity contribution in [1.29, 1.82) is 0 Å². The van der Waals surface area contributed by atoms with E-state index >= 15 is 0 Å². The minimum atomic E-state index is -0.149. The zero-order valence-corrected chi connectivity index (χ0v) is 14.3. The summed E-state index contributed by atoms with van der Waals surface area (Å²) in [6.07, 6.45) is 0.159. The summed E-state index contributed by atoms with van der Waals surface area (Å²) in [5.74, 6) is 1.06. The van der Waals surface area contributed by atoms with Crippen molar-refractivity contribution >= 4 is 34.5 Å². The van der Waals surface area contributed by atoms with Gasteiger partial charge >= 0.3 is 0 Å². The third kappa shape index (κ3) is 3.63. The van der Waals surface area contributed by atoms with Gasteiger partial charge in [-0.2, -0.15) is 0 Å². The number of hydrogen-bond donors (Lipinski definition) is 1. The number of thiophene rings is 1. The van der Waals surface area contributed by atoms with Gasteiger partial charge in [0, 0.05) is 10.7 Å². The minimum absolute atomic E-state index is 0.149. The Balaban J connectivity index is 1.74. The Kier molecular flexibility index (Phi) is 4.50. The molecule has 1 aromatic carbocycles. The summed E-state index contributed by atoms with van der Waals surface area (Å²) in [5, 5.41) is 5.42. The lowest BCUT2D eigenvalue weighted by molar-refractivity contribution is -0.115. The molecule has 6 heteroatoms. The van der Waals surface area contributed by atoms with E-state index in [1.165, 1.54) is 0 Å². The van der Waals surface area contributed by atoms with E-state index in [4.69, 9.17) is 16.0 Å². The van der Waals surface area contributed by atoms with Gasteiger partial charge in [-0.3, -0.25) is 4.79 Å². The molecule has 0 saturated heterocycles. The van der Waals surface area contributed by atoms with Gasteiger partial charge in [-0.05, 0) is 43.0 Å². The van der Waals surface area contributed by atoms with Gasteiger partial charge in [0.15, 0.2) is 0 Å². The molecular formula is C17H15ClN2O2S. The van der Waals surface area contributed by atoms with Crippen LogP contribution in [-0.4, -0.2) is 10.9 Å². The Morgan fingerprint density at radius 3 is 2.91 bits per heavy atom.